The highest BCUT2D eigenvalue weighted by Crippen LogP contribution is 2.27. The van der Waals surface area contributed by atoms with E-state index in [1.165, 1.54) is 0 Å². The highest BCUT2D eigenvalue weighted by molar-refractivity contribution is 6.08. The molecule has 0 atom stereocenters. The number of para-hydroxylation sites is 2. The number of hydrogen-bond acceptors (Lipinski definition) is 1. The second kappa shape index (κ2) is 3.38. The van der Waals surface area contributed by atoms with Gasteiger partial charge < -0.3 is 0 Å². The van der Waals surface area contributed by atoms with Gasteiger partial charge in [-0.25, -0.2) is 0 Å². The highest BCUT2D eigenvalue weighted by Gasteiger charge is 2.08. The molecule has 0 unspecified atom stereocenters. The van der Waals surface area contributed by atoms with Crippen LogP contribution in [0.4, 0.5) is 0 Å². The van der Waals surface area contributed by atoms with Crippen LogP contribution in [-0.2, 0) is 4.79 Å². The summed E-state index contributed by atoms with van der Waals surface area (Å²) < 4.78 is 1.75. The number of hydrogen-bond donors (Lipinski definition) is 1. The molecule has 1 N–H and O–H groups in total. The molecule has 3 heteroatoms. The van der Waals surface area contributed by atoms with Gasteiger partial charge in [-0.05, 0) is 12.1 Å². The molecule has 3 rings (SSSR count). The molecule has 0 aliphatic rings. The average Bonchev–Trinajstić information content (AvgIpc) is 2.66. The van der Waals surface area contributed by atoms with Crippen LogP contribution in [0.15, 0.2) is 48.5 Å². The second-order valence-electron chi connectivity index (χ2n) is 3.58. The highest BCUT2D eigenvalue weighted by atomic mass is 16.1. The van der Waals surface area contributed by atoms with Gasteiger partial charge in [0.15, 0.2) is 0 Å². The fourth-order valence-corrected chi connectivity index (χ4v) is 2.09. The van der Waals surface area contributed by atoms with E-state index in [0.29, 0.717) is 0 Å². The van der Waals surface area contributed by atoms with Crippen molar-refractivity contribution in [1.29, 1.82) is 0 Å². The van der Waals surface area contributed by atoms with Crippen molar-refractivity contribution in [2.75, 3.05) is 5.43 Å². The Labute approximate surface area is 92.3 Å². The number of rotatable bonds is 2. The van der Waals surface area contributed by atoms with Crippen LogP contribution >= 0.6 is 0 Å². The zero-order valence-electron chi connectivity index (χ0n) is 8.47. The number of nitrogens with zero attached hydrogens (tertiary/aromatic N) is 1. The number of amides is 1. The third-order valence-electron chi connectivity index (χ3n) is 2.74. The van der Waals surface area contributed by atoms with E-state index in [0.717, 1.165) is 21.8 Å². The quantitative estimate of drug-likeness (QED) is 0.646. The Hall–Kier alpha value is -2.29. The minimum Gasteiger partial charge on any atom is -0.262 e. The SMILES string of the molecule is O=[C]Nn1c2ccccc2c2ccccc21. The molecule has 3 aromatic rings. The van der Waals surface area contributed by atoms with Crippen molar-refractivity contribution in [2.45, 2.75) is 0 Å². The third-order valence-corrected chi connectivity index (χ3v) is 2.74. The molecule has 0 aliphatic heterocycles. The summed E-state index contributed by atoms with van der Waals surface area (Å²) >= 11 is 0. The molecule has 1 aromatic heterocycles. The predicted molar refractivity (Wildman–Crippen MR) is 64.5 cm³/mol. The first-order valence-corrected chi connectivity index (χ1v) is 5.03. The molecule has 0 saturated heterocycles. The van der Waals surface area contributed by atoms with E-state index in [-0.39, 0.29) is 0 Å². The zero-order valence-corrected chi connectivity index (χ0v) is 8.47. The van der Waals surface area contributed by atoms with Gasteiger partial charge in [-0.2, -0.15) is 0 Å². The van der Waals surface area contributed by atoms with Crippen molar-refractivity contribution in [3.05, 3.63) is 48.5 Å². The van der Waals surface area contributed by atoms with E-state index in [1.54, 1.807) is 11.1 Å². The summed E-state index contributed by atoms with van der Waals surface area (Å²) in [7, 11) is 0. The molecule has 77 valence electrons. The van der Waals surface area contributed by atoms with Gasteiger partial charge in [-0.15, -0.1) is 0 Å². The van der Waals surface area contributed by atoms with Gasteiger partial charge in [0.1, 0.15) is 0 Å². The molecule has 0 saturated carbocycles. The largest absolute Gasteiger partial charge is 0.329 e. The maximum atomic E-state index is 10.5. The van der Waals surface area contributed by atoms with E-state index in [2.05, 4.69) is 5.43 Å². The Morgan fingerprint density at radius 2 is 1.38 bits per heavy atom. The van der Waals surface area contributed by atoms with Gasteiger partial charge in [0.2, 0.25) is 0 Å². The normalized spacial score (nSPS) is 10.8. The first-order chi connectivity index (χ1) is 7.92. The standard InChI is InChI=1S/C13H9N2O/c16-9-14-15-12-7-3-1-5-10(12)11-6-2-4-8-13(11)15/h1-8H,(H,14,16). The van der Waals surface area contributed by atoms with E-state index in [9.17, 15) is 4.79 Å². The maximum Gasteiger partial charge on any atom is 0.329 e. The third kappa shape index (κ3) is 1.11. The van der Waals surface area contributed by atoms with Crippen molar-refractivity contribution in [3.63, 3.8) is 0 Å². The number of nitrogens with one attached hydrogen (secondary N) is 1. The Kier molecular flexibility index (Phi) is 1.90. The van der Waals surface area contributed by atoms with Crippen molar-refractivity contribution in [2.24, 2.45) is 0 Å². The molecule has 1 radical (unpaired) electrons. The summed E-state index contributed by atoms with van der Waals surface area (Å²) in [5, 5.41) is 2.25. The van der Waals surface area contributed by atoms with E-state index < -0.39 is 0 Å². The summed E-state index contributed by atoms with van der Waals surface area (Å²) in [5.74, 6) is 0. The van der Waals surface area contributed by atoms with E-state index in [4.69, 9.17) is 0 Å². The van der Waals surface area contributed by atoms with Crippen LogP contribution in [0.3, 0.4) is 0 Å². The van der Waals surface area contributed by atoms with Gasteiger partial charge in [0.25, 0.3) is 0 Å². The summed E-state index contributed by atoms with van der Waals surface area (Å²) in [6.45, 7) is 0. The Morgan fingerprint density at radius 1 is 0.875 bits per heavy atom. The topological polar surface area (TPSA) is 34.0 Å². The van der Waals surface area contributed by atoms with Gasteiger partial charge in [-0.1, -0.05) is 36.4 Å². The van der Waals surface area contributed by atoms with Gasteiger partial charge in [-0.3, -0.25) is 14.9 Å². The summed E-state index contributed by atoms with van der Waals surface area (Å²) in [6.07, 6.45) is 1.72. The fraction of sp³-hybridized carbons (Fsp3) is 0. The average molecular weight is 209 g/mol. The summed E-state index contributed by atoms with van der Waals surface area (Å²) in [5.41, 5.74) is 4.54. The molecule has 0 bridgehead atoms. The van der Waals surface area contributed by atoms with E-state index >= 15 is 0 Å². The second-order valence-corrected chi connectivity index (χ2v) is 3.58. The van der Waals surface area contributed by atoms with Crippen LogP contribution in [0, 0.1) is 0 Å². The lowest BCUT2D eigenvalue weighted by Crippen LogP contribution is -2.11. The van der Waals surface area contributed by atoms with Crippen LogP contribution in [-0.4, -0.2) is 11.1 Å². The van der Waals surface area contributed by atoms with Gasteiger partial charge in [0.05, 0.1) is 11.0 Å². The lowest BCUT2D eigenvalue weighted by molar-refractivity contribution is 0.556. The smallest absolute Gasteiger partial charge is 0.262 e. The molecule has 1 amide bonds. The zero-order chi connectivity index (χ0) is 11.0. The first kappa shape index (κ1) is 8.97. The van der Waals surface area contributed by atoms with Crippen LogP contribution in [0.25, 0.3) is 21.8 Å². The van der Waals surface area contributed by atoms with Gasteiger partial charge in [0, 0.05) is 10.8 Å². The van der Waals surface area contributed by atoms with Crippen molar-refractivity contribution < 1.29 is 4.79 Å². The summed E-state index contributed by atoms with van der Waals surface area (Å²) in [4.78, 5) is 10.5. The Balaban J connectivity index is 2.53. The maximum absolute atomic E-state index is 10.5. The van der Waals surface area contributed by atoms with Crippen LogP contribution in [0.5, 0.6) is 0 Å². The predicted octanol–water partition coefficient (Wildman–Crippen LogP) is 2.41. The lowest BCUT2D eigenvalue weighted by Gasteiger charge is -2.02. The van der Waals surface area contributed by atoms with E-state index in [1.807, 2.05) is 48.5 Å². The minimum atomic E-state index is 0.979. The molecule has 3 nitrogen and oxygen atoms in total. The first-order valence-electron chi connectivity index (χ1n) is 5.03. The molecular weight excluding hydrogens is 200 g/mol. The molecule has 0 spiro atoms. The molecule has 16 heavy (non-hydrogen) atoms. The number of benzene rings is 2. The van der Waals surface area contributed by atoms with Gasteiger partial charge >= 0.3 is 6.41 Å². The van der Waals surface area contributed by atoms with Crippen molar-refractivity contribution >= 4 is 28.2 Å². The number of fused-ring (bicyclic) bond motifs is 3. The van der Waals surface area contributed by atoms with Crippen LogP contribution in [0.1, 0.15) is 0 Å². The number of carbonyl (C=O) groups excluding carboxylic acids is 1. The minimum absolute atomic E-state index is 0.979. The Morgan fingerprint density at radius 3 is 1.88 bits per heavy atom. The summed E-state index contributed by atoms with van der Waals surface area (Å²) in [6, 6.07) is 15.9. The molecule has 2 aromatic carbocycles. The van der Waals surface area contributed by atoms with Crippen LogP contribution < -0.4 is 5.43 Å². The molecular formula is C13H9N2O. The van der Waals surface area contributed by atoms with Crippen molar-refractivity contribution in [1.82, 2.24) is 4.68 Å². The van der Waals surface area contributed by atoms with Crippen LogP contribution in [0.2, 0.25) is 0 Å². The fourth-order valence-electron chi connectivity index (χ4n) is 2.09. The monoisotopic (exact) mass is 209 g/mol. The lowest BCUT2D eigenvalue weighted by atomic mass is 10.2. The number of aromatic nitrogens is 1. The Bertz CT molecular complexity index is 617. The van der Waals surface area contributed by atoms with Crippen molar-refractivity contribution in [3.8, 4) is 0 Å². The molecule has 1 heterocycles. The molecule has 0 aliphatic carbocycles. The molecule has 0 fully saturated rings.